The van der Waals surface area contributed by atoms with Crippen molar-refractivity contribution in [2.75, 3.05) is 34.5 Å². The molecular formula is C40H47N9O9S. The molecule has 0 unspecified atom stereocenters. The van der Waals surface area contributed by atoms with Gasteiger partial charge in [-0.1, -0.05) is 0 Å². The largest absolute Gasteiger partial charge is 0.443 e. The van der Waals surface area contributed by atoms with E-state index in [0.29, 0.717) is 39.9 Å². The summed E-state index contributed by atoms with van der Waals surface area (Å²) in [5, 5.41) is 0. The summed E-state index contributed by atoms with van der Waals surface area (Å²) in [5.74, 6) is -1.84. The van der Waals surface area contributed by atoms with Crippen molar-refractivity contribution in [1.82, 2.24) is 29.2 Å². The lowest BCUT2D eigenvalue weighted by molar-refractivity contribution is -0.124. The number of imidazole rings is 1. The zero-order valence-electron chi connectivity index (χ0n) is 34.4. The lowest BCUT2D eigenvalue weighted by Crippen LogP contribution is -2.43. The molecule has 4 aromatic heterocycles. The third-order valence-electron chi connectivity index (χ3n) is 9.86. The maximum absolute atomic E-state index is 14.4. The monoisotopic (exact) mass is 829 g/mol. The molecule has 3 aliphatic rings. The van der Waals surface area contributed by atoms with Crippen LogP contribution in [0.1, 0.15) is 95.4 Å². The first-order valence-corrected chi connectivity index (χ1v) is 21.0. The number of fused-ring (bicyclic) bond motifs is 1. The predicted molar refractivity (Wildman–Crippen MR) is 214 cm³/mol. The summed E-state index contributed by atoms with van der Waals surface area (Å²) in [6, 6.07) is 4.24. The first kappa shape index (κ1) is 41.2. The van der Waals surface area contributed by atoms with E-state index >= 15 is 0 Å². The molecule has 5 heterocycles. The number of imide groups is 2. The van der Waals surface area contributed by atoms with E-state index in [4.69, 9.17) is 14.5 Å². The number of anilines is 3. The van der Waals surface area contributed by atoms with Crippen molar-refractivity contribution in [3.63, 3.8) is 0 Å². The van der Waals surface area contributed by atoms with Gasteiger partial charge in [-0.3, -0.25) is 24.3 Å². The summed E-state index contributed by atoms with van der Waals surface area (Å²) in [4.78, 5) is 90.0. The van der Waals surface area contributed by atoms with E-state index < -0.39 is 61.9 Å². The van der Waals surface area contributed by atoms with E-state index in [2.05, 4.69) is 15.0 Å². The van der Waals surface area contributed by atoms with E-state index in [1.165, 1.54) is 18.0 Å². The molecule has 2 atom stereocenters. The van der Waals surface area contributed by atoms with Gasteiger partial charge in [0.25, 0.3) is 0 Å². The van der Waals surface area contributed by atoms with Crippen LogP contribution in [0.2, 0.25) is 0 Å². The second-order valence-corrected chi connectivity index (χ2v) is 19.2. The van der Waals surface area contributed by atoms with E-state index in [1.807, 2.05) is 12.3 Å². The Kier molecular flexibility index (Phi) is 10.3. The van der Waals surface area contributed by atoms with Gasteiger partial charge in [0.15, 0.2) is 15.5 Å². The van der Waals surface area contributed by atoms with Gasteiger partial charge in [0.2, 0.25) is 11.8 Å². The highest BCUT2D eigenvalue weighted by Crippen LogP contribution is 2.48. The standard InChI is InChI=1S/C40H47N9O9S/c1-22-12-13-41-33(43-22)26-15-27(26)35(51)49(38(54)58-40(5,6)7)28-16-31(42-17-30(28)59(9,55)56)48(37(53)57-39(2,3)4)20-25-19-46-18-24(23-10-11-23)14-29(34(46)44-25)47-21-32(50)45(8)36(47)52/h12-14,16-19,23,26-27H,10-11,15,20-21H2,1-9H3/t26-,27-/m0/s1. The van der Waals surface area contributed by atoms with Gasteiger partial charge in [0.1, 0.15) is 34.3 Å². The topological polar surface area (TPSA) is 207 Å². The highest BCUT2D eigenvalue weighted by molar-refractivity contribution is 7.90. The molecular weight excluding hydrogens is 783 g/mol. The summed E-state index contributed by atoms with van der Waals surface area (Å²) >= 11 is 0. The number of sulfone groups is 1. The molecule has 59 heavy (non-hydrogen) atoms. The number of amides is 6. The Bertz CT molecular complexity index is 2520. The molecule has 6 amide bonds. The Morgan fingerprint density at radius 3 is 2.22 bits per heavy atom. The fourth-order valence-electron chi connectivity index (χ4n) is 6.78. The SMILES string of the molecule is Cc1ccnc([C@H]2C[C@@H]2C(=O)N(C(=O)OC(C)(C)C)c2cc(N(Cc3cn4cc(C5CC5)cc(N5CC(=O)N(C)C5=O)c4n3)C(=O)OC(C)(C)C)ncc2S(C)(=O)=O)n1. The summed E-state index contributed by atoms with van der Waals surface area (Å²) in [7, 11) is -2.75. The van der Waals surface area contributed by atoms with Crippen molar-refractivity contribution in [2.45, 2.75) is 102 Å². The van der Waals surface area contributed by atoms with Crippen LogP contribution in [0.15, 0.2) is 47.9 Å². The summed E-state index contributed by atoms with van der Waals surface area (Å²) in [5.41, 5.74) is 0.259. The van der Waals surface area contributed by atoms with Crippen LogP contribution in [0.4, 0.5) is 31.6 Å². The van der Waals surface area contributed by atoms with Crippen LogP contribution in [-0.2, 0) is 35.4 Å². The Morgan fingerprint density at radius 1 is 0.949 bits per heavy atom. The fraction of sp³-hybridized carbons (Fsp3) is 0.475. The molecule has 0 radical (unpaired) electrons. The molecule has 18 nitrogen and oxygen atoms in total. The van der Waals surface area contributed by atoms with E-state index in [1.54, 1.807) is 71.3 Å². The number of pyridine rings is 2. The highest BCUT2D eigenvalue weighted by Gasteiger charge is 2.51. The first-order valence-electron chi connectivity index (χ1n) is 19.2. The lowest BCUT2D eigenvalue weighted by atomic mass is 10.1. The molecule has 312 valence electrons. The van der Waals surface area contributed by atoms with Gasteiger partial charge in [-0.2, -0.15) is 0 Å². The minimum atomic E-state index is -4.16. The molecule has 3 fully saturated rings. The van der Waals surface area contributed by atoms with Crippen molar-refractivity contribution in [3.05, 3.63) is 65.8 Å². The van der Waals surface area contributed by atoms with Crippen LogP contribution in [0.5, 0.6) is 0 Å². The molecule has 0 spiro atoms. The molecule has 4 aromatic rings. The van der Waals surface area contributed by atoms with Crippen molar-refractivity contribution in [1.29, 1.82) is 0 Å². The average Bonchev–Trinajstić information content (AvgIpc) is 4.05. The number of urea groups is 1. The van der Waals surface area contributed by atoms with Gasteiger partial charge < -0.3 is 13.9 Å². The number of nitrogens with zero attached hydrogens (tertiary/aromatic N) is 9. The molecule has 1 saturated heterocycles. The van der Waals surface area contributed by atoms with E-state index in [9.17, 15) is 32.4 Å². The van der Waals surface area contributed by atoms with Crippen LogP contribution in [0, 0.1) is 12.8 Å². The van der Waals surface area contributed by atoms with Crippen LogP contribution in [-0.4, -0.2) is 98.7 Å². The van der Waals surface area contributed by atoms with Gasteiger partial charge in [0.05, 0.1) is 29.8 Å². The number of hydrogen-bond acceptors (Lipinski definition) is 13. The van der Waals surface area contributed by atoms with Crippen molar-refractivity contribution >= 4 is 62.7 Å². The number of likely N-dealkylation sites (N-methyl/N-ethyl adjacent to an activating group) is 1. The second-order valence-electron chi connectivity index (χ2n) is 17.2. The number of carbonyl (C=O) groups is 5. The van der Waals surface area contributed by atoms with Gasteiger partial charge in [0, 0.05) is 55.5 Å². The fourth-order valence-corrected chi connectivity index (χ4v) is 7.55. The van der Waals surface area contributed by atoms with Crippen LogP contribution in [0.3, 0.4) is 0 Å². The minimum absolute atomic E-state index is 0.169. The molecule has 0 aromatic carbocycles. The van der Waals surface area contributed by atoms with Crippen molar-refractivity contribution in [3.8, 4) is 0 Å². The Hall–Kier alpha value is -5.98. The van der Waals surface area contributed by atoms with Gasteiger partial charge in [-0.05, 0) is 91.3 Å². The van der Waals surface area contributed by atoms with Crippen molar-refractivity contribution < 1.29 is 41.9 Å². The van der Waals surface area contributed by atoms with Crippen LogP contribution < -0.4 is 14.7 Å². The Balaban J connectivity index is 1.33. The summed E-state index contributed by atoms with van der Waals surface area (Å²) in [6.07, 6.45) is 7.24. The second kappa shape index (κ2) is 14.7. The number of carbonyl (C=O) groups excluding carboxylic acids is 5. The minimum Gasteiger partial charge on any atom is -0.443 e. The maximum atomic E-state index is 14.4. The Morgan fingerprint density at radius 2 is 1.63 bits per heavy atom. The normalized spacial score (nSPS) is 18.3. The molecule has 19 heteroatoms. The molecule has 7 rings (SSSR count). The van der Waals surface area contributed by atoms with E-state index in [-0.39, 0.29) is 36.4 Å². The number of rotatable bonds is 9. The zero-order valence-corrected chi connectivity index (χ0v) is 35.2. The molecule has 1 aliphatic heterocycles. The third kappa shape index (κ3) is 8.74. The third-order valence-corrected chi connectivity index (χ3v) is 11.0. The average molecular weight is 830 g/mol. The molecule has 0 N–H and O–H groups in total. The molecule has 2 saturated carbocycles. The number of aromatic nitrogens is 5. The quantitative estimate of drug-likeness (QED) is 0.191. The predicted octanol–water partition coefficient (Wildman–Crippen LogP) is 5.52. The van der Waals surface area contributed by atoms with Crippen LogP contribution in [0.25, 0.3) is 5.65 Å². The summed E-state index contributed by atoms with van der Waals surface area (Å²) in [6.45, 7) is 11.2. The smallest absolute Gasteiger partial charge is 0.421 e. The number of hydrogen-bond donors (Lipinski definition) is 0. The molecule has 2 aliphatic carbocycles. The van der Waals surface area contributed by atoms with Gasteiger partial charge >= 0.3 is 18.2 Å². The zero-order chi connectivity index (χ0) is 42.9. The lowest BCUT2D eigenvalue weighted by Gasteiger charge is -2.29. The number of aryl methyl sites for hydroxylation is 1. The van der Waals surface area contributed by atoms with Gasteiger partial charge in [-0.25, -0.2) is 47.6 Å². The van der Waals surface area contributed by atoms with Gasteiger partial charge in [-0.15, -0.1) is 0 Å². The highest BCUT2D eigenvalue weighted by atomic mass is 32.2. The van der Waals surface area contributed by atoms with Crippen molar-refractivity contribution in [2.24, 2.45) is 5.92 Å². The Labute approximate surface area is 341 Å². The molecule has 0 bridgehead atoms. The van der Waals surface area contributed by atoms with Crippen LogP contribution >= 0.6 is 0 Å². The summed E-state index contributed by atoms with van der Waals surface area (Å²) < 4.78 is 39.9. The maximum Gasteiger partial charge on any atom is 0.421 e. The van der Waals surface area contributed by atoms with E-state index in [0.717, 1.165) is 40.7 Å². The number of ether oxygens (including phenoxy) is 2. The first-order chi connectivity index (χ1) is 27.5.